The molecule has 30 heavy (non-hydrogen) atoms. The second kappa shape index (κ2) is 10.5. The average Bonchev–Trinajstić information content (AvgIpc) is 3.41. The van der Waals surface area contributed by atoms with E-state index in [9.17, 15) is 20.1 Å². The minimum Gasteiger partial charge on any atom is -0.461 e. The Hall–Kier alpha value is -1.73. The van der Waals surface area contributed by atoms with Gasteiger partial charge in [0.15, 0.2) is 5.60 Å². The van der Waals surface area contributed by atoms with Gasteiger partial charge in [0, 0.05) is 6.92 Å². The lowest BCUT2D eigenvalue weighted by molar-refractivity contribution is -0.140. The van der Waals surface area contributed by atoms with Crippen molar-refractivity contribution in [3.63, 3.8) is 0 Å². The van der Waals surface area contributed by atoms with E-state index >= 15 is 0 Å². The first kappa shape index (κ1) is 24.5. The van der Waals surface area contributed by atoms with E-state index in [0.29, 0.717) is 5.57 Å². The van der Waals surface area contributed by atoms with Crippen LogP contribution in [0.1, 0.15) is 60.3 Å². The zero-order valence-electron chi connectivity index (χ0n) is 18.7. The molecular weight excluding hydrogens is 384 g/mol. The molecular formula is C24H36O6. The average molecular weight is 421 g/mol. The zero-order chi connectivity index (χ0) is 22.5. The zero-order valence-corrected chi connectivity index (χ0v) is 18.7. The first-order valence-corrected chi connectivity index (χ1v) is 10.6. The Morgan fingerprint density at radius 3 is 2.40 bits per heavy atom. The normalized spacial score (nSPS) is 29.6. The molecule has 3 N–H and O–H groups in total. The number of hydrogen-bond donors (Lipinski definition) is 3. The third-order valence-corrected chi connectivity index (χ3v) is 5.69. The molecule has 0 aromatic carbocycles. The van der Waals surface area contributed by atoms with Crippen molar-refractivity contribution in [1.82, 2.24) is 0 Å². The van der Waals surface area contributed by atoms with Gasteiger partial charge < -0.3 is 24.8 Å². The molecule has 1 saturated heterocycles. The van der Waals surface area contributed by atoms with Crippen molar-refractivity contribution in [2.24, 2.45) is 0 Å². The predicted molar refractivity (Wildman–Crippen MR) is 116 cm³/mol. The predicted octanol–water partition coefficient (Wildman–Crippen LogP) is 3.13. The molecule has 0 unspecified atom stereocenters. The number of esters is 1. The number of fused-ring (bicyclic) bond motifs is 1. The second-order valence-electron chi connectivity index (χ2n) is 8.67. The van der Waals surface area contributed by atoms with Crippen LogP contribution < -0.4 is 0 Å². The van der Waals surface area contributed by atoms with Crippen molar-refractivity contribution in [2.75, 3.05) is 6.61 Å². The van der Waals surface area contributed by atoms with Crippen molar-refractivity contribution < 1.29 is 29.6 Å². The number of hydrogen-bond acceptors (Lipinski definition) is 6. The van der Waals surface area contributed by atoms with E-state index in [1.54, 1.807) is 6.08 Å². The summed E-state index contributed by atoms with van der Waals surface area (Å²) >= 11 is 0. The molecule has 6 nitrogen and oxygen atoms in total. The van der Waals surface area contributed by atoms with E-state index < -0.39 is 36.0 Å². The van der Waals surface area contributed by atoms with Gasteiger partial charge in [0.2, 0.25) is 0 Å². The molecule has 0 saturated carbocycles. The van der Waals surface area contributed by atoms with Crippen LogP contribution in [0.15, 0.2) is 46.6 Å². The molecule has 1 heterocycles. The number of allylic oxidation sites excluding steroid dienone is 5. The Kier molecular flexibility index (Phi) is 8.62. The number of carbonyl (C=O) groups is 1. The van der Waals surface area contributed by atoms with Crippen LogP contribution >= 0.6 is 0 Å². The topological polar surface area (TPSA) is 99.5 Å². The number of epoxide rings is 1. The van der Waals surface area contributed by atoms with Crippen molar-refractivity contribution in [2.45, 2.75) is 90.3 Å². The first-order chi connectivity index (χ1) is 14.1. The van der Waals surface area contributed by atoms with Gasteiger partial charge in [-0.25, -0.2) is 0 Å². The highest BCUT2D eigenvalue weighted by Gasteiger charge is 2.69. The minimum atomic E-state index is -1.24. The molecule has 1 aliphatic heterocycles. The van der Waals surface area contributed by atoms with Crippen LogP contribution in [-0.4, -0.2) is 57.9 Å². The molecule has 2 aliphatic rings. The molecule has 0 aromatic heterocycles. The summed E-state index contributed by atoms with van der Waals surface area (Å²) in [6.45, 7) is 9.45. The van der Waals surface area contributed by atoms with Gasteiger partial charge in [-0.2, -0.15) is 0 Å². The van der Waals surface area contributed by atoms with Gasteiger partial charge in [0.05, 0.1) is 0 Å². The number of ether oxygens (including phenoxy) is 2. The highest BCUT2D eigenvalue weighted by atomic mass is 16.6. The summed E-state index contributed by atoms with van der Waals surface area (Å²) in [6.07, 6.45) is 7.47. The van der Waals surface area contributed by atoms with Crippen LogP contribution in [0.2, 0.25) is 0 Å². The standard InChI is InChI=1S/C24H36O6/c1-15(2)8-6-9-16(3)10-7-11-17(4)12-20(26)24-21(27)13-19(14-29-18(5)25)22(28)23(24)30-24/h8,10,12-13,20-23,26-28H,6-7,9,11,14H2,1-5H3/b16-10+,17-12+/t20-,21-,22+,23-,24+/m0/s1. The maximum atomic E-state index is 11.0. The third-order valence-electron chi connectivity index (χ3n) is 5.69. The first-order valence-electron chi connectivity index (χ1n) is 10.6. The van der Waals surface area contributed by atoms with Crippen molar-refractivity contribution in [1.29, 1.82) is 0 Å². The molecule has 1 aliphatic carbocycles. The van der Waals surface area contributed by atoms with E-state index in [4.69, 9.17) is 9.47 Å². The summed E-state index contributed by atoms with van der Waals surface area (Å²) < 4.78 is 10.5. The Balaban J connectivity index is 1.92. The fourth-order valence-electron chi connectivity index (χ4n) is 3.81. The summed E-state index contributed by atoms with van der Waals surface area (Å²) in [7, 11) is 0. The molecule has 6 heteroatoms. The number of aliphatic hydroxyl groups is 3. The van der Waals surface area contributed by atoms with Crippen molar-refractivity contribution in [3.8, 4) is 0 Å². The monoisotopic (exact) mass is 420 g/mol. The molecule has 2 rings (SSSR count). The molecule has 0 radical (unpaired) electrons. The van der Waals surface area contributed by atoms with E-state index in [2.05, 4.69) is 32.9 Å². The molecule has 168 valence electrons. The minimum absolute atomic E-state index is 0.103. The summed E-state index contributed by atoms with van der Waals surface area (Å²) in [5, 5.41) is 31.7. The highest BCUT2D eigenvalue weighted by Crippen LogP contribution is 2.50. The summed E-state index contributed by atoms with van der Waals surface area (Å²) in [5.41, 5.74) is 2.82. The van der Waals surface area contributed by atoms with E-state index in [1.807, 2.05) is 6.92 Å². The Labute approximate surface area is 179 Å². The summed E-state index contributed by atoms with van der Waals surface area (Å²) in [6, 6.07) is 0. The number of aliphatic hydroxyl groups excluding tert-OH is 3. The second-order valence-corrected chi connectivity index (χ2v) is 8.67. The molecule has 0 aromatic rings. The lowest BCUT2D eigenvalue weighted by Crippen LogP contribution is -2.48. The maximum absolute atomic E-state index is 11.0. The van der Waals surface area contributed by atoms with Crippen molar-refractivity contribution in [3.05, 3.63) is 46.6 Å². The van der Waals surface area contributed by atoms with Gasteiger partial charge in [0.25, 0.3) is 0 Å². The molecule has 0 spiro atoms. The molecule has 5 atom stereocenters. The van der Waals surface area contributed by atoms with Crippen LogP contribution in [0.5, 0.6) is 0 Å². The fourth-order valence-corrected chi connectivity index (χ4v) is 3.81. The van der Waals surface area contributed by atoms with Crippen LogP contribution in [0.3, 0.4) is 0 Å². The Morgan fingerprint density at radius 1 is 1.13 bits per heavy atom. The number of carbonyl (C=O) groups excluding carboxylic acids is 1. The van der Waals surface area contributed by atoms with Crippen LogP contribution in [-0.2, 0) is 14.3 Å². The van der Waals surface area contributed by atoms with Crippen LogP contribution in [0.4, 0.5) is 0 Å². The van der Waals surface area contributed by atoms with Gasteiger partial charge in [0.1, 0.15) is 31.0 Å². The molecule has 0 amide bonds. The van der Waals surface area contributed by atoms with Gasteiger partial charge in [-0.15, -0.1) is 0 Å². The van der Waals surface area contributed by atoms with Gasteiger partial charge in [-0.1, -0.05) is 34.9 Å². The van der Waals surface area contributed by atoms with E-state index in [1.165, 1.54) is 24.1 Å². The van der Waals surface area contributed by atoms with E-state index in [-0.39, 0.29) is 6.61 Å². The molecule has 0 bridgehead atoms. The van der Waals surface area contributed by atoms with Crippen LogP contribution in [0, 0.1) is 0 Å². The van der Waals surface area contributed by atoms with E-state index in [0.717, 1.165) is 31.3 Å². The summed E-state index contributed by atoms with van der Waals surface area (Å²) in [5.74, 6) is -0.467. The van der Waals surface area contributed by atoms with Gasteiger partial charge in [-0.05, 0) is 65.0 Å². The SMILES string of the molecule is CC(=O)OCC1=C[C@H](O)[C@@]2([C@@H](O)/C=C(\C)CC/C=C(\C)CCC=C(C)C)O[C@H]2[C@@H]1O. The quantitative estimate of drug-likeness (QED) is 0.285. The highest BCUT2D eigenvalue weighted by molar-refractivity contribution is 5.66. The van der Waals surface area contributed by atoms with Crippen molar-refractivity contribution >= 4 is 5.97 Å². The van der Waals surface area contributed by atoms with Gasteiger partial charge >= 0.3 is 5.97 Å². The lowest BCUT2D eigenvalue weighted by Gasteiger charge is -2.28. The van der Waals surface area contributed by atoms with Gasteiger partial charge in [-0.3, -0.25) is 4.79 Å². The number of rotatable bonds is 10. The fraction of sp³-hybridized carbons (Fsp3) is 0.625. The summed E-state index contributed by atoms with van der Waals surface area (Å²) in [4.78, 5) is 11.0. The Morgan fingerprint density at radius 2 is 1.77 bits per heavy atom. The lowest BCUT2D eigenvalue weighted by atomic mass is 9.81. The Bertz CT molecular complexity index is 743. The third kappa shape index (κ3) is 6.14. The smallest absolute Gasteiger partial charge is 0.302 e. The van der Waals surface area contributed by atoms with Crippen LogP contribution in [0.25, 0.3) is 0 Å². The maximum Gasteiger partial charge on any atom is 0.302 e. The largest absolute Gasteiger partial charge is 0.461 e. The molecule has 1 fully saturated rings.